The van der Waals surface area contributed by atoms with Gasteiger partial charge in [-0.05, 0) is 48.1 Å². The summed E-state index contributed by atoms with van der Waals surface area (Å²) in [5.41, 5.74) is 2.80. The predicted molar refractivity (Wildman–Crippen MR) is 64.7 cm³/mol. The molecule has 0 heterocycles. The molecule has 0 nitrogen and oxygen atoms in total. The van der Waals surface area contributed by atoms with Crippen molar-refractivity contribution < 1.29 is 0 Å². The van der Waals surface area contributed by atoms with Crippen molar-refractivity contribution in [1.29, 1.82) is 0 Å². The smallest absolute Gasteiger partial charge is 0.0131 e. The molecule has 2 bridgehead atoms. The molecule has 3 rings (SSSR count). The summed E-state index contributed by atoms with van der Waals surface area (Å²) in [6.45, 7) is 3.80. The highest BCUT2D eigenvalue weighted by Crippen LogP contribution is 2.52. The molecule has 0 aromatic heterocycles. The molecule has 1 aromatic carbocycles. The zero-order chi connectivity index (χ0) is 10.3. The molecule has 2 aliphatic rings. The third kappa shape index (κ3) is 1.52. The Kier molecular flexibility index (Phi) is 2.16. The van der Waals surface area contributed by atoms with Gasteiger partial charge in [0, 0.05) is 0 Å². The fraction of sp³-hybridized carbons (Fsp3) is 0.467. The maximum atomic E-state index is 3.80. The van der Waals surface area contributed by atoms with Crippen LogP contribution in [0.2, 0.25) is 0 Å². The Morgan fingerprint density at radius 3 is 2.40 bits per heavy atom. The molecule has 0 amide bonds. The van der Waals surface area contributed by atoms with Gasteiger partial charge >= 0.3 is 0 Å². The average molecular weight is 198 g/mol. The number of hydrogen-bond acceptors (Lipinski definition) is 0. The lowest BCUT2D eigenvalue weighted by atomic mass is 9.83. The van der Waals surface area contributed by atoms with Crippen molar-refractivity contribution in [2.45, 2.75) is 31.6 Å². The second-order valence-electron chi connectivity index (χ2n) is 5.15. The van der Waals surface area contributed by atoms with Crippen LogP contribution in [0.5, 0.6) is 0 Å². The van der Waals surface area contributed by atoms with Crippen LogP contribution >= 0.6 is 0 Å². The number of fused-ring (bicyclic) bond motifs is 2. The second kappa shape index (κ2) is 3.52. The van der Waals surface area contributed by atoms with E-state index in [9.17, 15) is 0 Å². The predicted octanol–water partition coefficient (Wildman–Crippen LogP) is 4.23. The van der Waals surface area contributed by atoms with Crippen LogP contribution in [-0.4, -0.2) is 0 Å². The van der Waals surface area contributed by atoms with Gasteiger partial charge in [-0.2, -0.15) is 0 Å². The van der Waals surface area contributed by atoms with Gasteiger partial charge in [0.15, 0.2) is 0 Å². The Morgan fingerprint density at radius 1 is 1.07 bits per heavy atom. The van der Waals surface area contributed by atoms with Crippen molar-refractivity contribution in [3.05, 3.63) is 42.0 Å². The van der Waals surface area contributed by atoms with Crippen LogP contribution in [0.25, 0.3) is 6.08 Å². The van der Waals surface area contributed by atoms with Crippen molar-refractivity contribution in [2.24, 2.45) is 11.8 Å². The summed E-state index contributed by atoms with van der Waals surface area (Å²) in [7, 11) is 0. The lowest BCUT2D eigenvalue weighted by molar-refractivity contribution is 0.420. The molecular weight excluding hydrogens is 180 g/mol. The largest absolute Gasteiger partial charge is 0.0985 e. The first-order valence-electron chi connectivity index (χ1n) is 6.09. The molecule has 0 radical (unpaired) electrons. The Balaban J connectivity index is 1.84. The maximum Gasteiger partial charge on any atom is -0.0131 e. The van der Waals surface area contributed by atoms with Gasteiger partial charge in [0.05, 0.1) is 0 Å². The van der Waals surface area contributed by atoms with Crippen LogP contribution in [0.1, 0.15) is 42.7 Å². The van der Waals surface area contributed by atoms with Gasteiger partial charge in [0.2, 0.25) is 0 Å². The standard InChI is InChI=1S/C15H18/c1-2-11-3-6-13(7-4-11)15-10-12-5-8-14(15)9-12/h2-4,6-7,12,14-15H,1,5,8-10H2/t12-,14+,15?/m1/s1. The minimum atomic E-state index is 0.864. The Hall–Kier alpha value is -1.04. The van der Waals surface area contributed by atoms with E-state index in [1.165, 1.54) is 31.2 Å². The molecule has 2 aliphatic carbocycles. The molecule has 0 saturated heterocycles. The summed E-state index contributed by atoms with van der Waals surface area (Å²) in [6, 6.07) is 9.02. The summed E-state index contributed by atoms with van der Waals surface area (Å²) >= 11 is 0. The van der Waals surface area contributed by atoms with Crippen molar-refractivity contribution in [2.75, 3.05) is 0 Å². The van der Waals surface area contributed by atoms with Gasteiger partial charge in [0.25, 0.3) is 0 Å². The Morgan fingerprint density at radius 2 is 1.87 bits per heavy atom. The van der Waals surface area contributed by atoms with E-state index in [1.54, 1.807) is 5.56 Å². The SMILES string of the molecule is C=Cc1ccc(C2C[C@@H]3CC[C@H]2C3)cc1. The molecule has 0 N–H and O–H groups in total. The highest BCUT2D eigenvalue weighted by molar-refractivity contribution is 5.47. The van der Waals surface area contributed by atoms with Gasteiger partial charge in [-0.15, -0.1) is 0 Å². The van der Waals surface area contributed by atoms with Gasteiger partial charge in [-0.25, -0.2) is 0 Å². The quantitative estimate of drug-likeness (QED) is 0.667. The Bertz CT molecular complexity index is 360. The van der Waals surface area contributed by atoms with E-state index in [0.717, 1.165) is 17.8 Å². The average Bonchev–Trinajstić information content (AvgIpc) is 2.91. The van der Waals surface area contributed by atoms with Gasteiger partial charge < -0.3 is 0 Å². The van der Waals surface area contributed by atoms with E-state index in [1.807, 2.05) is 6.08 Å². The van der Waals surface area contributed by atoms with E-state index >= 15 is 0 Å². The van der Waals surface area contributed by atoms with Crippen LogP contribution in [0.3, 0.4) is 0 Å². The molecule has 1 unspecified atom stereocenters. The van der Waals surface area contributed by atoms with Crippen molar-refractivity contribution in [1.82, 2.24) is 0 Å². The first-order valence-corrected chi connectivity index (χ1v) is 6.09. The molecule has 2 fully saturated rings. The third-order valence-electron chi connectivity index (χ3n) is 4.34. The van der Waals surface area contributed by atoms with Crippen LogP contribution in [0.4, 0.5) is 0 Å². The normalized spacial score (nSPS) is 33.2. The molecule has 0 spiro atoms. The number of benzene rings is 1. The zero-order valence-corrected chi connectivity index (χ0v) is 9.15. The van der Waals surface area contributed by atoms with E-state index in [0.29, 0.717) is 0 Å². The minimum Gasteiger partial charge on any atom is -0.0985 e. The Labute approximate surface area is 92.0 Å². The molecule has 0 heteroatoms. The van der Waals surface area contributed by atoms with E-state index < -0.39 is 0 Å². The number of hydrogen-bond donors (Lipinski definition) is 0. The van der Waals surface area contributed by atoms with E-state index in [4.69, 9.17) is 0 Å². The summed E-state index contributed by atoms with van der Waals surface area (Å²) < 4.78 is 0. The fourth-order valence-electron chi connectivity index (χ4n) is 3.53. The van der Waals surface area contributed by atoms with E-state index in [2.05, 4.69) is 30.8 Å². The minimum absolute atomic E-state index is 0.864. The maximum absolute atomic E-state index is 3.80. The third-order valence-corrected chi connectivity index (χ3v) is 4.34. The summed E-state index contributed by atoms with van der Waals surface area (Å²) in [5.74, 6) is 2.89. The monoisotopic (exact) mass is 198 g/mol. The van der Waals surface area contributed by atoms with Crippen molar-refractivity contribution >= 4 is 6.08 Å². The van der Waals surface area contributed by atoms with Crippen molar-refractivity contribution in [3.8, 4) is 0 Å². The summed E-state index contributed by atoms with van der Waals surface area (Å²) in [5, 5.41) is 0. The highest BCUT2D eigenvalue weighted by atomic mass is 14.4. The topological polar surface area (TPSA) is 0 Å². The molecule has 1 aromatic rings. The molecule has 78 valence electrons. The van der Waals surface area contributed by atoms with Crippen LogP contribution in [0.15, 0.2) is 30.8 Å². The summed E-state index contributed by atoms with van der Waals surface area (Å²) in [6.07, 6.45) is 7.82. The summed E-state index contributed by atoms with van der Waals surface area (Å²) in [4.78, 5) is 0. The molecule has 3 atom stereocenters. The highest BCUT2D eigenvalue weighted by Gasteiger charge is 2.39. The first kappa shape index (κ1) is 9.21. The molecule has 2 saturated carbocycles. The molecule has 15 heavy (non-hydrogen) atoms. The fourth-order valence-corrected chi connectivity index (χ4v) is 3.53. The van der Waals surface area contributed by atoms with Crippen LogP contribution < -0.4 is 0 Å². The lowest BCUT2D eigenvalue weighted by Gasteiger charge is -2.22. The molecule has 0 aliphatic heterocycles. The number of rotatable bonds is 2. The van der Waals surface area contributed by atoms with Crippen LogP contribution in [0, 0.1) is 11.8 Å². The zero-order valence-electron chi connectivity index (χ0n) is 9.15. The van der Waals surface area contributed by atoms with Gasteiger partial charge in [-0.3, -0.25) is 0 Å². The van der Waals surface area contributed by atoms with E-state index in [-0.39, 0.29) is 0 Å². The lowest BCUT2D eigenvalue weighted by Crippen LogP contribution is -2.08. The first-order chi connectivity index (χ1) is 7.36. The van der Waals surface area contributed by atoms with Crippen molar-refractivity contribution in [3.63, 3.8) is 0 Å². The van der Waals surface area contributed by atoms with Gasteiger partial charge in [-0.1, -0.05) is 43.3 Å². The van der Waals surface area contributed by atoms with Gasteiger partial charge in [0.1, 0.15) is 0 Å². The molecular formula is C15H18. The van der Waals surface area contributed by atoms with Crippen LogP contribution in [-0.2, 0) is 0 Å². The second-order valence-corrected chi connectivity index (χ2v) is 5.15.